The summed E-state index contributed by atoms with van der Waals surface area (Å²) >= 11 is 1.65. The third kappa shape index (κ3) is 5.82. The number of nitrogens with one attached hydrogen (secondary N) is 1. The smallest absolute Gasteiger partial charge is 0.228 e. The highest BCUT2D eigenvalue weighted by atomic mass is 32.2. The van der Waals surface area contributed by atoms with E-state index in [1.165, 1.54) is 16.7 Å². The predicted molar refractivity (Wildman–Crippen MR) is 143 cm³/mol. The van der Waals surface area contributed by atoms with Crippen LogP contribution in [-0.4, -0.2) is 20.7 Å². The van der Waals surface area contributed by atoms with Gasteiger partial charge in [-0.2, -0.15) is 0 Å². The van der Waals surface area contributed by atoms with Gasteiger partial charge in [-0.3, -0.25) is 9.36 Å². The number of amides is 1. The maximum absolute atomic E-state index is 13.2. The van der Waals surface area contributed by atoms with Gasteiger partial charge >= 0.3 is 0 Å². The van der Waals surface area contributed by atoms with Gasteiger partial charge in [-0.15, -0.1) is 10.2 Å². The van der Waals surface area contributed by atoms with E-state index >= 15 is 0 Å². The summed E-state index contributed by atoms with van der Waals surface area (Å²) in [7, 11) is 0. The summed E-state index contributed by atoms with van der Waals surface area (Å²) in [5, 5.41) is 13.1. The van der Waals surface area contributed by atoms with Crippen molar-refractivity contribution in [1.29, 1.82) is 0 Å². The molecule has 0 fully saturated rings. The van der Waals surface area contributed by atoms with E-state index in [0.29, 0.717) is 0 Å². The molecule has 4 rings (SSSR count). The normalized spacial score (nSPS) is 12.8. The van der Waals surface area contributed by atoms with Crippen molar-refractivity contribution < 1.29 is 4.79 Å². The molecule has 1 aromatic heterocycles. The van der Waals surface area contributed by atoms with E-state index in [9.17, 15) is 4.79 Å². The molecule has 35 heavy (non-hydrogen) atoms. The summed E-state index contributed by atoms with van der Waals surface area (Å²) in [4.78, 5) is 13.2. The largest absolute Gasteiger partial charge is 0.346 e. The molecule has 5 nitrogen and oxygen atoms in total. The highest BCUT2D eigenvalue weighted by Gasteiger charge is 2.25. The SMILES string of the molecule is CCC(C(=O)NC(C)c1nnc(SCc2ccccc2C)n1-c1ccc(C)cc1)c1ccccc1. The van der Waals surface area contributed by atoms with Crippen LogP contribution >= 0.6 is 11.8 Å². The number of thioether (sulfide) groups is 1. The Kier molecular flexibility index (Phi) is 8.03. The van der Waals surface area contributed by atoms with E-state index in [4.69, 9.17) is 0 Å². The van der Waals surface area contributed by atoms with Gasteiger partial charge in [0.05, 0.1) is 12.0 Å². The van der Waals surface area contributed by atoms with Crippen LogP contribution in [0.25, 0.3) is 5.69 Å². The summed E-state index contributed by atoms with van der Waals surface area (Å²) < 4.78 is 2.07. The van der Waals surface area contributed by atoms with Crippen LogP contribution in [0.4, 0.5) is 0 Å². The van der Waals surface area contributed by atoms with Crippen LogP contribution in [0, 0.1) is 13.8 Å². The average Bonchev–Trinajstić information content (AvgIpc) is 3.29. The quantitative estimate of drug-likeness (QED) is 0.274. The zero-order valence-corrected chi connectivity index (χ0v) is 21.5. The number of nitrogens with zero attached hydrogens (tertiary/aromatic N) is 3. The average molecular weight is 485 g/mol. The molecule has 0 saturated carbocycles. The molecule has 0 aliphatic carbocycles. The number of hydrogen-bond acceptors (Lipinski definition) is 4. The number of carbonyl (C=O) groups is 1. The Labute approximate surface area is 212 Å². The maximum atomic E-state index is 13.2. The predicted octanol–water partition coefficient (Wildman–Crippen LogP) is 6.55. The van der Waals surface area contributed by atoms with E-state index in [2.05, 4.69) is 82.5 Å². The second kappa shape index (κ2) is 11.4. The molecule has 1 amide bonds. The van der Waals surface area contributed by atoms with Crippen LogP contribution in [0.3, 0.4) is 0 Å². The van der Waals surface area contributed by atoms with Crippen LogP contribution in [0.5, 0.6) is 0 Å². The highest BCUT2D eigenvalue weighted by Crippen LogP contribution is 2.29. The van der Waals surface area contributed by atoms with E-state index in [0.717, 1.165) is 34.4 Å². The van der Waals surface area contributed by atoms with Gasteiger partial charge in [-0.05, 0) is 56.0 Å². The first-order valence-corrected chi connectivity index (χ1v) is 13.0. The first-order valence-electron chi connectivity index (χ1n) is 12.0. The Morgan fingerprint density at radius 3 is 2.31 bits per heavy atom. The Morgan fingerprint density at radius 1 is 0.943 bits per heavy atom. The fourth-order valence-corrected chi connectivity index (χ4v) is 5.18. The first kappa shape index (κ1) is 24.7. The molecule has 0 bridgehead atoms. The molecule has 0 saturated heterocycles. The standard InChI is InChI=1S/C29H32N4OS/c1-5-26(23-12-7-6-8-13-23)28(34)30-22(4)27-31-32-29(33(27)25-17-15-20(2)16-18-25)35-19-24-14-10-9-11-21(24)3/h6-18,22,26H,5,19H2,1-4H3,(H,30,34). The number of hydrogen-bond donors (Lipinski definition) is 1. The highest BCUT2D eigenvalue weighted by molar-refractivity contribution is 7.98. The second-order valence-electron chi connectivity index (χ2n) is 8.83. The zero-order valence-electron chi connectivity index (χ0n) is 20.7. The monoisotopic (exact) mass is 484 g/mol. The Balaban J connectivity index is 1.61. The van der Waals surface area contributed by atoms with Gasteiger partial charge in [0, 0.05) is 11.4 Å². The molecule has 180 valence electrons. The van der Waals surface area contributed by atoms with Gasteiger partial charge in [0.25, 0.3) is 0 Å². The van der Waals surface area contributed by atoms with E-state index in [1.54, 1.807) is 11.8 Å². The van der Waals surface area contributed by atoms with Crippen LogP contribution in [0.15, 0.2) is 84.0 Å². The minimum absolute atomic E-state index is 0.00114. The van der Waals surface area contributed by atoms with Crippen LogP contribution < -0.4 is 5.32 Å². The summed E-state index contributed by atoms with van der Waals surface area (Å²) in [5.74, 6) is 1.31. The lowest BCUT2D eigenvalue weighted by Crippen LogP contribution is -2.32. The van der Waals surface area contributed by atoms with Crippen LogP contribution in [0.2, 0.25) is 0 Å². The van der Waals surface area contributed by atoms with E-state index < -0.39 is 0 Å². The zero-order chi connectivity index (χ0) is 24.8. The molecule has 1 heterocycles. The molecule has 2 atom stereocenters. The van der Waals surface area contributed by atoms with Crippen molar-refractivity contribution in [2.24, 2.45) is 0 Å². The molecular formula is C29H32N4OS. The van der Waals surface area contributed by atoms with Gasteiger partial charge in [0.15, 0.2) is 11.0 Å². The summed E-state index contributed by atoms with van der Waals surface area (Å²) in [6, 6.07) is 26.3. The minimum Gasteiger partial charge on any atom is -0.346 e. The second-order valence-corrected chi connectivity index (χ2v) is 9.77. The van der Waals surface area contributed by atoms with Crippen molar-refractivity contribution in [3.8, 4) is 5.69 Å². The van der Waals surface area contributed by atoms with Crippen LogP contribution in [0.1, 0.15) is 60.3 Å². The number of aromatic nitrogens is 3. The number of carbonyl (C=O) groups excluding carboxylic acids is 1. The molecule has 1 N–H and O–H groups in total. The molecule has 6 heteroatoms. The molecule has 0 aliphatic heterocycles. The van der Waals surface area contributed by atoms with E-state index in [-0.39, 0.29) is 17.9 Å². The lowest BCUT2D eigenvalue weighted by Gasteiger charge is -2.20. The topological polar surface area (TPSA) is 59.8 Å². The summed E-state index contributed by atoms with van der Waals surface area (Å²) in [6.07, 6.45) is 0.727. The Bertz CT molecular complexity index is 1270. The van der Waals surface area contributed by atoms with Crippen molar-refractivity contribution in [2.45, 2.75) is 57.0 Å². The van der Waals surface area contributed by atoms with Gasteiger partial charge in [-0.1, -0.05) is 91.0 Å². The fourth-order valence-electron chi connectivity index (χ4n) is 4.14. The van der Waals surface area contributed by atoms with Crippen LogP contribution in [-0.2, 0) is 10.5 Å². The van der Waals surface area contributed by atoms with E-state index in [1.807, 2.05) is 44.2 Å². The van der Waals surface area contributed by atoms with Crippen molar-refractivity contribution in [3.63, 3.8) is 0 Å². The molecule has 0 spiro atoms. The van der Waals surface area contributed by atoms with Crippen molar-refractivity contribution in [2.75, 3.05) is 0 Å². The maximum Gasteiger partial charge on any atom is 0.228 e. The van der Waals surface area contributed by atoms with Gasteiger partial charge < -0.3 is 5.32 Å². The lowest BCUT2D eigenvalue weighted by molar-refractivity contribution is -0.123. The Hall–Kier alpha value is -3.38. The molecule has 0 radical (unpaired) electrons. The van der Waals surface area contributed by atoms with Gasteiger partial charge in [-0.25, -0.2) is 0 Å². The fraction of sp³-hybridized carbons (Fsp3) is 0.276. The third-order valence-electron chi connectivity index (χ3n) is 6.24. The number of rotatable bonds is 9. The Morgan fingerprint density at radius 2 is 1.63 bits per heavy atom. The minimum atomic E-state index is -0.304. The number of benzene rings is 3. The third-order valence-corrected chi connectivity index (χ3v) is 7.22. The molecule has 4 aromatic rings. The van der Waals surface area contributed by atoms with Crippen molar-refractivity contribution in [3.05, 3.63) is 107 Å². The van der Waals surface area contributed by atoms with Gasteiger partial charge in [0.1, 0.15) is 0 Å². The molecule has 2 unspecified atom stereocenters. The summed E-state index contributed by atoms with van der Waals surface area (Å²) in [6.45, 7) is 8.21. The van der Waals surface area contributed by atoms with Crippen molar-refractivity contribution >= 4 is 17.7 Å². The number of aryl methyl sites for hydroxylation is 2. The molecule has 0 aliphatic rings. The first-order chi connectivity index (χ1) is 17.0. The lowest BCUT2D eigenvalue weighted by atomic mass is 9.95. The van der Waals surface area contributed by atoms with Gasteiger partial charge in [0.2, 0.25) is 5.91 Å². The van der Waals surface area contributed by atoms with Crippen molar-refractivity contribution in [1.82, 2.24) is 20.1 Å². The summed E-state index contributed by atoms with van der Waals surface area (Å²) in [5.41, 5.74) is 5.72. The molecule has 3 aromatic carbocycles. The molecular weight excluding hydrogens is 452 g/mol.